The van der Waals surface area contributed by atoms with Gasteiger partial charge >= 0.3 is 0 Å². The van der Waals surface area contributed by atoms with Crippen LogP contribution in [-0.2, 0) is 14.8 Å². The molecule has 0 unspecified atom stereocenters. The lowest BCUT2D eigenvalue weighted by atomic mass is 9.93. The zero-order chi connectivity index (χ0) is 23.5. The highest BCUT2D eigenvalue weighted by molar-refractivity contribution is 7.92. The lowest BCUT2D eigenvalue weighted by molar-refractivity contribution is -0.120. The largest absolute Gasteiger partial charge is 0.496 e. The van der Waals surface area contributed by atoms with Crippen molar-refractivity contribution in [2.24, 2.45) is 0 Å². The van der Waals surface area contributed by atoms with E-state index in [9.17, 15) is 13.2 Å². The lowest BCUT2D eigenvalue weighted by Gasteiger charge is -2.25. The van der Waals surface area contributed by atoms with Crippen LogP contribution < -0.4 is 14.4 Å². The van der Waals surface area contributed by atoms with Crippen molar-refractivity contribution in [1.29, 1.82) is 0 Å². The maximum absolute atomic E-state index is 12.8. The summed E-state index contributed by atoms with van der Waals surface area (Å²) in [4.78, 5) is 12.8. The van der Waals surface area contributed by atoms with E-state index < -0.39 is 10.0 Å². The van der Waals surface area contributed by atoms with Gasteiger partial charge < -0.3 is 10.1 Å². The first kappa shape index (κ1) is 24.7. The third-order valence-corrected chi connectivity index (χ3v) is 6.41. The predicted molar refractivity (Wildman–Crippen MR) is 126 cm³/mol. The molecule has 2 rings (SSSR count). The van der Waals surface area contributed by atoms with Gasteiger partial charge in [0.2, 0.25) is 15.9 Å². The highest BCUT2D eigenvalue weighted by Gasteiger charge is 2.23. The number of sulfonamides is 1. The lowest BCUT2D eigenvalue weighted by Crippen LogP contribution is -2.41. The van der Waals surface area contributed by atoms with Crippen molar-refractivity contribution < 1.29 is 17.9 Å². The van der Waals surface area contributed by atoms with Gasteiger partial charge in [-0.3, -0.25) is 9.10 Å². The van der Waals surface area contributed by atoms with Gasteiger partial charge in [-0.25, -0.2) is 8.42 Å². The molecule has 170 valence electrons. The number of hydrogen-bond donors (Lipinski definition) is 1. The summed E-state index contributed by atoms with van der Waals surface area (Å²) in [6, 6.07) is 9.26. The van der Waals surface area contributed by atoms with Crippen LogP contribution in [0.15, 0.2) is 30.3 Å². The molecule has 1 amide bonds. The fraction of sp³-hybridized carbons (Fsp3) is 0.458. The van der Waals surface area contributed by atoms with Crippen LogP contribution in [0.4, 0.5) is 5.69 Å². The number of nitrogens with zero attached hydrogens (tertiary/aromatic N) is 1. The quantitative estimate of drug-likeness (QED) is 0.653. The Hall–Kier alpha value is -2.54. The van der Waals surface area contributed by atoms with Crippen LogP contribution in [0.1, 0.15) is 60.5 Å². The van der Waals surface area contributed by atoms with Crippen molar-refractivity contribution in [3.05, 3.63) is 58.1 Å². The van der Waals surface area contributed by atoms with Gasteiger partial charge in [-0.05, 0) is 85.7 Å². The molecule has 1 atom stereocenters. The van der Waals surface area contributed by atoms with Gasteiger partial charge in [-0.2, -0.15) is 0 Å². The number of rotatable bonds is 8. The summed E-state index contributed by atoms with van der Waals surface area (Å²) in [6.07, 6.45) is 1.11. The Morgan fingerprint density at radius 2 is 1.58 bits per heavy atom. The number of ether oxygens (including phenoxy) is 1. The molecule has 31 heavy (non-hydrogen) atoms. The summed E-state index contributed by atoms with van der Waals surface area (Å²) in [7, 11) is -1.98. The maximum Gasteiger partial charge on any atom is 0.241 e. The molecule has 0 saturated heterocycles. The van der Waals surface area contributed by atoms with Crippen LogP contribution in [0.25, 0.3) is 0 Å². The van der Waals surface area contributed by atoms with Gasteiger partial charge in [0.15, 0.2) is 0 Å². The maximum atomic E-state index is 12.8. The minimum atomic E-state index is -3.63. The van der Waals surface area contributed by atoms with Crippen LogP contribution in [-0.4, -0.2) is 34.2 Å². The number of methoxy groups -OCH3 is 1. The molecule has 2 aromatic rings. The van der Waals surface area contributed by atoms with E-state index in [1.165, 1.54) is 0 Å². The van der Waals surface area contributed by atoms with Crippen molar-refractivity contribution in [2.75, 3.05) is 24.2 Å². The molecule has 0 saturated carbocycles. The van der Waals surface area contributed by atoms with E-state index in [2.05, 4.69) is 25.2 Å². The van der Waals surface area contributed by atoms with Crippen LogP contribution in [0.3, 0.4) is 0 Å². The average Bonchev–Trinajstić information content (AvgIpc) is 2.63. The molecule has 0 bridgehead atoms. The van der Waals surface area contributed by atoms with E-state index >= 15 is 0 Å². The number of hydrogen-bond acceptors (Lipinski definition) is 4. The molecule has 7 heteroatoms. The minimum absolute atomic E-state index is 0.266. The highest BCUT2D eigenvalue weighted by atomic mass is 32.2. The Labute approximate surface area is 186 Å². The van der Waals surface area contributed by atoms with Crippen molar-refractivity contribution in [1.82, 2.24) is 5.32 Å². The van der Waals surface area contributed by atoms with E-state index in [1.54, 1.807) is 19.2 Å². The van der Waals surface area contributed by atoms with Crippen molar-refractivity contribution in [3.8, 4) is 5.75 Å². The standard InChI is InChI=1S/C24H34N2O4S/c1-15(2)21-13-22(18(5)12-23(21)30-7)19(6)25-24(27)14-26(31(8,28)29)20-10-16(3)9-17(4)11-20/h9-13,15,19H,14H2,1-8H3,(H,25,27)/t19-/m0/s1. The molecule has 0 radical (unpaired) electrons. The van der Waals surface area contributed by atoms with Crippen LogP contribution in [0.2, 0.25) is 0 Å². The van der Waals surface area contributed by atoms with Crippen molar-refractivity contribution in [2.45, 2.75) is 53.5 Å². The summed E-state index contributed by atoms with van der Waals surface area (Å²) in [5.74, 6) is 0.730. The third-order valence-electron chi connectivity index (χ3n) is 5.27. The van der Waals surface area contributed by atoms with E-state index in [4.69, 9.17) is 4.74 Å². The molecule has 1 N–H and O–H groups in total. The Bertz CT molecular complexity index is 1040. The second kappa shape index (κ2) is 9.73. The normalized spacial score (nSPS) is 12.5. The number of benzene rings is 2. The van der Waals surface area contributed by atoms with Gasteiger partial charge in [-0.1, -0.05) is 19.9 Å². The first-order valence-electron chi connectivity index (χ1n) is 10.4. The number of nitrogens with one attached hydrogen (secondary N) is 1. The molecule has 0 aliphatic heterocycles. The fourth-order valence-electron chi connectivity index (χ4n) is 3.80. The number of carbonyl (C=O) groups excluding carboxylic acids is 1. The highest BCUT2D eigenvalue weighted by Crippen LogP contribution is 2.32. The fourth-order valence-corrected chi connectivity index (χ4v) is 4.64. The molecule has 0 aliphatic rings. The van der Waals surface area contributed by atoms with E-state index in [0.29, 0.717) is 5.69 Å². The molecule has 0 aliphatic carbocycles. The van der Waals surface area contributed by atoms with Crippen LogP contribution >= 0.6 is 0 Å². The smallest absolute Gasteiger partial charge is 0.241 e. The monoisotopic (exact) mass is 446 g/mol. The molecular weight excluding hydrogens is 412 g/mol. The number of aryl methyl sites for hydroxylation is 3. The van der Waals surface area contributed by atoms with Gasteiger partial charge in [0.25, 0.3) is 0 Å². The van der Waals surface area contributed by atoms with Gasteiger partial charge in [0, 0.05) is 0 Å². The summed E-state index contributed by atoms with van der Waals surface area (Å²) in [5, 5.41) is 2.96. The number of anilines is 1. The topological polar surface area (TPSA) is 75.7 Å². The Morgan fingerprint density at radius 3 is 2.06 bits per heavy atom. The molecule has 2 aromatic carbocycles. The zero-order valence-electron chi connectivity index (χ0n) is 19.7. The average molecular weight is 447 g/mol. The third kappa shape index (κ3) is 6.23. The van der Waals surface area contributed by atoms with Gasteiger partial charge in [0.1, 0.15) is 12.3 Å². The Kier molecular flexibility index (Phi) is 7.76. The molecule has 0 fully saturated rings. The summed E-state index contributed by atoms with van der Waals surface area (Å²) in [6.45, 7) is 11.6. The summed E-state index contributed by atoms with van der Waals surface area (Å²) < 4.78 is 31.5. The molecule has 0 heterocycles. The number of carbonyl (C=O) groups is 1. The molecule has 0 aromatic heterocycles. The minimum Gasteiger partial charge on any atom is -0.496 e. The zero-order valence-corrected chi connectivity index (χ0v) is 20.6. The molecule has 0 spiro atoms. The number of amides is 1. The van der Waals surface area contributed by atoms with Crippen molar-refractivity contribution >= 4 is 21.6 Å². The SMILES string of the molecule is COc1cc(C)c([C@H](C)NC(=O)CN(c2cc(C)cc(C)c2)S(C)(=O)=O)cc1C(C)C. The summed E-state index contributed by atoms with van der Waals surface area (Å²) in [5.41, 5.74) is 5.42. The molecule has 6 nitrogen and oxygen atoms in total. The second-order valence-electron chi connectivity index (χ2n) is 8.51. The first-order chi connectivity index (χ1) is 14.3. The van der Waals surface area contributed by atoms with Gasteiger partial charge in [0.05, 0.1) is 25.1 Å². The predicted octanol–water partition coefficient (Wildman–Crippen LogP) is 4.39. The van der Waals surface area contributed by atoms with Crippen LogP contribution in [0, 0.1) is 20.8 Å². The second-order valence-corrected chi connectivity index (χ2v) is 10.4. The summed E-state index contributed by atoms with van der Waals surface area (Å²) >= 11 is 0. The van der Waals surface area contributed by atoms with E-state index in [-0.39, 0.29) is 24.4 Å². The van der Waals surface area contributed by atoms with E-state index in [0.717, 1.165) is 44.1 Å². The Balaban J connectivity index is 2.28. The van der Waals surface area contributed by atoms with Crippen molar-refractivity contribution in [3.63, 3.8) is 0 Å². The van der Waals surface area contributed by atoms with Crippen LogP contribution in [0.5, 0.6) is 5.75 Å². The first-order valence-corrected chi connectivity index (χ1v) is 12.2. The van der Waals surface area contributed by atoms with Gasteiger partial charge in [-0.15, -0.1) is 0 Å². The van der Waals surface area contributed by atoms with E-state index in [1.807, 2.05) is 39.8 Å². The molecular formula is C24H34N2O4S. The Morgan fingerprint density at radius 1 is 1.00 bits per heavy atom.